The lowest BCUT2D eigenvalue weighted by atomic mass is 10.1. The van der Waals surface area contributed by atoms with Crippen molar-refractivity contribution in [3.05, 3.63) is 59.7 Å². The second-order valence-corrected chi connectivity index (χ2v) is 6.30. The van der Waals surface area contributed by atoms with Crippen molar-refractivity contribution in [1.29, 1.82) is 0 Å². The molecule has 156 valence electrons. The van der Waals surface area contributed by atoms with E-state index >= 15 is 0 Å². The zero-order valence-electron chi connectivity index (χ0n) is 16.8. The summed E-state index contributed by atoms with van der Waals surface area (Å²) in [6.45, 7) is 3.77. The van der Waals surface area contributed by atoms with Crippen molar-refractivity contribution in [2.45, 2.75) is 19.8 Å². The van der Waals surface area contributed by atoms with Crippen LogP contribution in [0.4, 0.5) is 0 Å². The number of benzene rings is 2. The van der Waals surface area contributed by atoms with Crippen LogP contribution in [-0.2, 0) is 16.0 Å². The van der Waals surface area contributed by atoms with Crippen molar-refractivity contribution in [3.63, 3.8) is 0 Å². The first-order valence-electron chi connectivity index (χ1n) is 9.48. The highest BCUT2D eigenvalue weighted by Gasteiger charge is 2.24. The summed E-state index contributed by atoms with van der Waals surface area (Å²) in [5.41, 5.74) is 1.52. The summed E-state index contributed by atoms with van der Waals surface area (Å²) >= 11 is 0. The maximum absolute atomic E-state index is 12.4. The van der Waals surface area contributed by atoms with Gasteiger partial charge in [-0.2, -0.15) is 0 Å². The first kappa shape index (κ1) is 22.2. The second-order valence-electron chi connectivity index (χ2n) is 6.30. The van der Waals surface area contributed by atoms with Crippen molar-refractivity contribution >= 4 is 11.9 Å². The predicted molar refractivity (Wildman–Crippen MR) is 108 cm³/mol. The lowest BCUT2D eigenvalue weighted by Crippen LogP contribution is -2.40. The van der Waals surface area contributed by atoms with Crippen molar-refractivity contribution in [3.8, 4) is 11.5 Å². The summed E-state index contributed by atoms with van der Waals surface area (Å²) < 4.78 is 15.8. The van der Waals surface area contributed by atoms with E-state index in [9.17, 15) is 9.59 Å². The summed E-state index contributed by atoms with van der Waals surface area (Å²) in [4.78, 5) is 24.5. The minimum Gasteiger partial charge on any atom is -0.492 e. The molecule has 0 saturated heterocycles. The predicted octanol–water partition coefficient (Wildman–Crippen LogP) is 3.23. The fourth-order valence-corrected chi connectivity index (χ4v) is 2.59. The number of fused-ring (bicyclic) bond motifs is 1. The summed E-state index contributed by atoms with van der Waals surface area (Å²) in [5.74, 6) is 0.427. The first-order valence-corrected chi connectivity index (χ1v) is 9.48. The molecule has 0 aromatic heterocycles. The summed E-state index contributed by atoms with van der Waals surface area (Å²) in [6.07, 6.45) is 0.605. The van der Waals surface area contributed by atoms with Gasteiger partial charge in [0.25, 0.3) is 5.91 Å². The van der Waals surface area contributed by atoms with Crippen LogP contribution in [0.15, 0.2) is 48.5 Å². The van der Waals surface area contributed by atoms with Gasteiger partial charge in [-0.25, -0.2) is 0 Å². The Labute approximate surface area is 170 Å². The van der Waals surface area contributed by atoms with Gasteiger partial charge in [-0.3, -0.25) is 9.59 Å². The molecule has 2 aromatic carbocycles. The highest BCUT2D eigenvalue weighted by molar-refractivity contribution is 5.97. The molecule has 0 aliphatic carbocycles. The average molecular weight is 401 g/mol. The molecule has 1 aliphatic rings. The van der Waals surface area contributed by atoms with Crippen LogP contribution in [0.5, 0.6) is 11.5 Å². The van der Waals surface area contributed by atoms with E-state index in [4.69, 9.17) is 14.6 Å². The lowest BCUT2D eigenvalue weighted by Gasteiger charge is -2.28. The van der Waals surface area contributed by atoms with Gasteiger partial charge in [0.05, 0.1) is 12.1 Å². The average Bonchev–Trinajstić information content (AvgIpc) is 2.75. The molecule has 1 heterocycles. The Bertz CT molecular complexity index is 788. The Morgan fingerprint density at radius 2 is 1.86 bits per heavy atom. The Kier molecular flexibility index (Phi) is 8.98. The van der Waals surface area contributed by atoms with Crippen LogP contribution in [0.2, 0.25) is 0 Å². The molecule has 0 fully saturated rings. The van der Waals surface area contributed by atoms with E-state index in [1.807, 2.05) is 31.2 Å². The van der Waals surface area contributed by atoms with Crippen molar-refractivity contribution in [2.75, 3.05) is 33.6 Å². The van der Waals surface area contributed by atoms with Crippen LogP contribution in [0, 0.1) is 0 Å². The number of aliphatic carboxylic acids is 1. The van der Waals surface area contributed by atoms with Gasteiger partial charge in [0.15, 0.2) is 6.73 Å². The molecule has 0 spiro atoms. The number of rotatable bonds is 8. The normalized spacial score (nSPS) is 12.3. The third-order valence-corrected chi connectivity index (χ3v) is 4.25. The van der Waals surface area contributed by atoms with Crippen molar-refractivity contribution < 1.29 is 28.9 Å². The number of carboxylic acids is 1. The van der Waals surface area contributed by atoms with Crippen LogP contribution < -0.4 is 9.47 Å². The molecule has 0 saturated carbocycles. The largest absolute Gasteiger partial charge is 0.492 e. The number of ether oxygens (including phenoxy) is 3. The molecular formula is C22H27NO6. The molecule has 0 unspecified atom stereocenters. The molecule has 3 rings (SSSR count). The summed E-state index contributed by atoms with van der Waals surface area (Å²) in [7, 11) is 1.68. The van der Waals surface area contributed by atoms with E-state index in [1.54, 1.807) is 36.3 Å². The standard InChI is InChI=1S/C19H19NO5.C3H8O/c21-18(22)10-7-14-5-8-15(9-6-14)24-12-11-20-13-25-17-4-2-1-3-16(17)19(20)23;1-3-4-2/h1-6,8-9H,7,10-13H2,(H,21,22);3H2,1-2H3. The van der Waals surface area contributed by atoms with Crippen molar-refractivity contribution in [2.24, 2.45) is 0 Å². The monoisotopic (exact) mass is 401 g/mol. The zero-order valence-corrected chi connectivity index (χ0v) is 16.8. The molecule has 29 heavy (non-hydrogen) atoms. The van der Waals surface area contributed by atoms with Crippen LogP contribution in [0.1, 0.15) is 29.3 Å². The fraction of sp³-hybridized carbons (Fsp3) is 0.364. The number of carbonyl (C=O) groups is 2. The molecular weight excluding hydrogens is 374 g/mol. The van der Waals surface area contributed by atoms with Gasteiger partial charge in [0.1, 0.15) is 18.1 Å². The van der Waals surface area contributed by atoms with Gasteiger partial charge < -0.3 is 24.2 Å². The minimum absolute atomic E-state index is 0.0607. The number of para-hydroxylation sites is 1. The Morgan fingerprint density at radius 1 is 1.17 bits per heavy atom. The Balaban J connectivity index is 0.000000687. The van der Waals surface area contributed by atoms with Gasteiger partial charge >= 0.3 is 5.97 Å². The van der Waals surface area contributed by atoms with E-state index in [1.165, 1.54) is 0 Å². The van der Waals surface area contributed by atoms with Gasteiger partial charge in [0.2, 0.25) is 0 Å². The first-order chi connectivity index (χ1) is 14.0. The van der Waals surface area contributed by atoms with E-state index in [2.05, 4.69) is 4.74 Å². The number of methoxy groups -OCH3 is 1. The Hall–Kier alpha value is -3.06. The number of carbonyl (C=O) groups excluding carboxylic acids is 1. The number of hydrogen-bond acceptors (Lipinski definition) is 5. The summed E-state index contributed by atoms with van der Waals surface area (Å²) in [5, 5.41) is 8.68. The minimum atomic E-state index is -0.810. The Morgan fingerprint density at radius 3 is 2.52 bits per heavy atom. The smallest absolute Gasteiger partial charge is 0.303 e. The number of hydrogen-bond donors (Lipinski definition) is 1. The molecule has 0 atom stereocenters. The lowest BCUT2D eigenvalue weighted by molar-refractivity contribution is -0.136. The number of nitrogens with zero attached hydrogens (tertiary/aromatic N) is 1. The molecule has 7 nitrogen and oxygen atoms in total. The molecule has 0 bridgehead atoms. The number of amides is 1. The van der Waals surface area contributed by atoms with Gasteiger partial charge in [-0.05, 0) is 43.2 Å². The van der Waals surface area contributed by atoms with Crippen LogP contribution in [-0.4, -0.2) is 55.5 Å². The molecule has 2 aromatic rings. The zero-order chi connectivity index (χ0) is 21.1. The number of aryl methyl sites for hydroxylation is 1. The van der Waals surface area contributed by atoms with Gasteiger partial charge in [-0.15, -0.1) is 0 Å². The van der Waals surface area contributed by atoms with E-state index < -0.39 is 5.97 Å². The molecule has 1 N–H and O–H groups in total. The van der Waals surface area contributed by atoms with E-state index in [-0.39, 0.29) is 19.1 Å². The molecule has 1 amide bonds. The van der Waals surface area contributed by atoms with E-state index in [0.717, 1.165) is 12.2 Å². The number of carboxylic acid groups (broad SMARTS) is 1. The maximum atomic E-state index is 12.4. The molecule has 7 heteroatoms. The second kappa shape index (κ2) is 11.7. The maximum Gasteiger partial charge on any atom is 0.303 e. The summed E-state index contributed by atoms with van der Waals surface area (Å²) in [6, 6.07) is 14.5. The van der Waals surface area contributed by atoms with Crippen LogP contribution in [0.3, 0.4) is 0 Å². The van der Waals surface area contributed by atoms with Gasteiger partial charge in [0, 0.05) is 20.1 Å². The quantitative estimate of drug-likeness (QED) is 0.731. The fourth-order valence-electron chi connectivity index (χ4n) is 2.59. The van der Waals surface area contributed by atoms with Gasteiger partial charge in [-0.1, -0.05) is 24.3 Å². The third-order valence-electron chi connectivity index (χ3n) is 4.25. The highest BCUT2D eigenvalue weighted by atomic mass is 16.5. The highest BCUT2D eigenvalue weighted by Crippen LogP contribution is 2.24. The molecule has 1 aliphatic heterocycles. The van der Waals surface area contributed by atoms with E-state index in [0.29, 0.717) is 36.6 Å². The topological polar surface area (TPSA) is 85.3 Å². The van der Waals surface area contributed by atoms with Crippen LogP contribution >= 0.6 is 0 Å². The van der Waals surface area contributed by atoms with Crippen molar-refractivity contribution in [1.82, 2.24) is 4.90 Å². The molecule has 0 radical (unpaired) electrons. The SMILES string of the molecule is CCOC.O=C(O)CCc1ccc(OCCN2COc3ccccc3C2=O)cc1. The third kappa shape index (κ3) is 7.12. The van der Waals surface area contributed by atoms with Crippen LogP contribution in [0.25, 0.3) is 0 Å².